The van der Waals surface area contributed by atoms with Gasteiger partial charge in [-0.05, 0) is 12.3 Å². The summed E-state index contributed by atoms with van der Waals surface area (Å²) in [6, 6.07) is 0. The molecule has 0 unspecified atom stereocenters. The average Bonchev–Trinajstić information content (AvgIpc) is 1.83. The van der Waals surface area contributed by atoms with E-state index >= 15 is 0 Å². The van der Waals surface area contributed by atoms with Crippen molar-refractivity contribution >= 4 is 0 Å². The summed E-state index contributed by atoms with van der Waals surface area (Å²) in [5.41, 5.74) is 0. The van der Waals surface area contributed by atoms with Gasteiger partial charge in [0, 0.05) is 0 Å². The van der Waals surface area contributed by atoms with E-state index in [9.17, 15) is 0 Å². The van der Waals surface area contributed by atoms with Gasteiger partial charge in [-0.25, -0.2) is 0 Å². The monoisotopic (exact) mass is 111 g/mol. The molecule has 0 rings (SSSR count). The molecule has 47 valence electrons. The van der Waals surface area contributed by atoms with Gasteiger partial charge >= 0.3 is 0 Å². The van der Waals surface area contributed by atoms with Crippen LogP contribution in [0.5, 0.6) is 0 Å². The van der Waals surface area contributed by atoms with Crippen LogP contribution in [-0.4, -0.2) is 0 Å². The van der Waals surface area contributed by atoms with Crippen LogP contribution in [0.25, 0.3) is 0 Å². The highest BCUT2D eigenvalue weighted by Gasteiger charge is 1.97. The van der Waals surface area contributed by atoms with Gasteiger partial charge in [-0.3, -0.25) is 0 Å². The molecule has 0 amide bonds. The molecule has 0 aromatic heterocycles. The maximum absolute atomic E-state index is 5.26. The molecular formula is C8H15. The van der Waals surface area contributed by atoms with Crippen LogP contribution in [0, 0.1) is 12.5 Å². The highest BCUT2D eigenvalue weighted by molar-refractivity contribution is 4.68. The average molecular weight is 111 g/mol. The van der Waals surface area contributed by atoms with Gasteiger partial charge < -0.3 is 0 Å². The Balaban J connectivity index is 3.20. The Hall–Kier alpha value is -0.260. The van der Waals surface area contributed by atoms with E-state index in [-0.39, 0.29) is 0 Å². The van der Waals surface area contributed by atoms with Crippen LogP contribution < -0.4 is 0 Å². The SMILES string of the molecule is [CH]=CCC(CC)CC. The first-order valence-electron chi connectivity index (χ1n) is 3.38. The van der Waals surface area contributed by atoms with E-state index in [1.165, 1.54) is 12.8 Å². The largest absolute Gasteiger partial charge is 0.0843 e. The fourth-order valence-corrected chi connectivity index (χ4v) is 0.814. The Morgan fingerprint density at radius 3 is 2.00 bits per heavy atom. The molecule has 0 aliphatic carbocycles. The van der Waals surface area contributed by atoms with E-state index in [0.29, 0.717) is 0 Å². The van der Waals surface area contributed by atoms with Crippen LogP contribution in [0.1, 0.15) is 33.1 Å². The molecule has 0 aliphatic heterocycles. The number of allylic oxidation sites excluding steroid dienone is 1. The molecule has 0 bridgehead atoms. The Kier molecular flexibility index (Phi) is 4.73. The van der Waals surface area contributed by atoms with E-state index in [1.807, 2.05) is 0 Å². The van der Waals surface area contributed by atoms with Crippen molar-refractivity contribution in [3.63, 3.8) is 0 Å². The minimum absolute atomic E-state index is 0.819. The zero-order valence-electron chi connectivity index (χ0n) is 5.85. The lowest BCUT2D eigenvalue weighted by Crippen LogP contribution is -1.92. The second-order valence-corrected chi connectivity index (χ2v) is 2.15. The molecule has 0 aromatic carbocycles. The maximum atomic E-state index is 5.26. The van der Waals surface area contributed by atoms with Crippen LogP contribution >= 0.6 is 0 Å². The summed E-state index contributed by atoms with van der Waals surface area (Å²) in [7, 11) is 0. The normalized spacial score (nSPS) is 9.88. The zero-order chi connectivity index (χ0) is 6.41. The van der Waals surface area contributed by atoms with Crippen molar-refractivity contribution < 1.29 is 0 Å². The molecule has 0 saturated carbocycles. The van der Waals surface area contributed by atoms with Gasteiger partial charge in [0.15, 0.2) is 0 Å². The third-order valence-electron chi connectivity index (χ3n) is 1.62. The zero-order valence-corrected chi connectivity index (χ0v) is 5.85. The number of rotatable bonds is 4. The van der Waals surface area contributed by atoms with Gasteiger partial charge in [0.2, 0.25) is 0 Å². The van der Waals surface area contributed by atoms with Crippen LogP contribution in [-0.2, 0) is 0 Å². The number of hydrogen-bond donors (Lipinski definition) is 0. The lowest BCUT2D eigenvalue weighted by Gasteiger charge is -2.06. The predicted octanol–water partition coefficient (Wildman–Crippen LogP) is 2.80. The van der Waals surface area contributed by atoms with E-state index in [0.717, 1.165) is 12.3 Å². The molecule has 8 heavy (non-hydrogen) atoms. The van der Waals surface area contributed by atoms with Crippen LogP contribution in [0.4, 0.5) is 0 Å². The van der Waals surface area contributed by atoms with E-state index in [4.69, 9.17) is 6.58 Å². The lowest BCUT2D eigenvalue weighted by atomic mass is 10.00. The summed E-state index contributed by atoms with van der Waals surface area (Å²) in [5.74, 6) is 0.819. The minimum atomic E-state index is 0.819. The highest BCUT2D eigenvalue weighted by Crippen LogP contribution is 2.11. The summed E-state index contributed by atoms with van der Waals surface area (Å²) in [6.45, 7) is 9.67. The summed E-state index contributed by atoms with van der Waals surface area (Å²) in [6.07, 6.45) is 5.35. The first-order valence-corrected chi connectivity index (χ1v) is 3.38. The minimum Gasteiger partial charge on any atom is -0.0843 e. The molecule has 0 fully saturated rings. The van der Waals surface area contributed by atoms with Gasteiger partial charge in [0.1, 0.15) is 0 Å². The van der Waals surface area contributed by atoms with E-state index < -0.39 is 0 Å². The van der Waals surface area contributed by atoms with Crippen molar-refractivity contribution in [1.82, 2.24) is 0 Å². The standard InChI is InChI=1S/C8H15/c1-4-7-8(5-2)6-3/h1,4,8H,5-7H2,2-3H3. The number of hydrogen-bond acceptors (Lipinski definition) is 0. The lowest BCUT2D eigenvalue weighted by molar-refractivity contribution is 0.500. The van der Waals surface area contributed by atoms with Crippen LogP contribution in [0.2, 0.25) is 0 Å². The predicted molar refractivity (Wildman–Crippen MR) is 37.6 cm³/mol. The molecule has 0 atom stereocenters. The van der Waals surface area contributed by atoms with Crippen molar-refractivity contribution in [2.24, 2.45) is 5.92 Å². The van der Waals surface area contributed by atoms with Crippen LogP contribution in [0.15, 0.2) is 6.08 Å². The fourth-order valence-electron chi connectivity index (χ4n) is 0.814. The smallest absolute Gasteiger partial charge is 0.0319 e. The second kappa shape index (κ2) is 4.89. The summed E-state index contributed by atoms with van der Waals surface area (Å²) in [5, 5.41) is 0. The van der Waals surface area contributed by atoms with Crippen molar-refractivity contribution in [3.05, 3.63) is 12.7 Å². The van der Waals surface area contributed by atoms with Gasteiger partial charge in [-0.2, -0.15) is 0 Å². The first kappa shape index (κ1) is 7.74. The second-order valence-electron chi connectivity index (χ2n) is 2.15. The van der Waals surface area contributed by atoms with Crippen LogP contribution in [0.3, 0.4) is 0 Å². The van der Waals surface area contributed by atoms with Crippen molar-refractivity contribution in [2.45, 2.75) is 33.1 Å². The van der Waals surface area contributed by atoms with Gasteiger partial charge in [0.25, 0.3) is 0 Å². The van der Waals surface area contributed by atoms with Gasteiger partial charge in [0.05, 0.1) is 0 Å². The molecule has 0 spiro atoms. The Morgan fingerprint density at radius 1 is 1.38 bits per heavy atom. The summed E-state index contributed by atoms with van der Waals surface area (Å²) >= 11 is 0. The first-order chi connectivity index (χ1) is 3.85. The highest BCUT2D eigenvalue weighted by atomic mass is 14.0. The topological polar surface area (TPSA) is 0 Å². The summed E-state index contributed by atoms with van der Waals surface area (Å²) in [4.78, 5) is 0. The molecular weight excluding hydrogens is 96.1 g/mol. The van der Waals surface area contributed by atoms with E-state index in [1.54, 1.807) is 6.08 Å². The molecule has 0 heterocycles. The maximum Gasteiger partial charge on any atom is -0.0319 e. The molecule has 0 aliphatic rings. The van der Waals surface area contributed by atoms with Crippen molar-refractivity contribution in [3.8, 4) is 0 Å². The van der Waals surface area contributed by atoms with Gasteiger partial charge in [-0.1, -0.05) is 39.3 Å². The molecule has 0 nitrogen and oxygen atoms in total. The Bertz CT molecular complexity index is 51.1. The third-order valence-corrected chi connectivity index (χ3v) is 1.62. The Morgan fingerprint density at radius 2 is 1.88 bits per heavy atom. The molecule has 0 aromatic rings. The molecule has 0 saturated heterocycles. The van der Waals surface area contributed by atoms with Crippen molar-refractivity contribution in [2.75, 3.05) is 0 Å². The molecule has 0 heteroatoms. The van der Waals surface area contributed by atoms with Gasteiger partial charge in [-0.15, -0.1) is 0 Å². The third kappa shape index (κ3) is 2.84. The molecule has 0 N–H and O–H groups in total. The van der Waals surface area contributed by atoms with Crippen molar-refractivity contribution in [1.29, 1.82) is 0 Å². The van der Waals surface area contributed by atoms with E-state index in [2.05, 4.69) is 13.8 Å². The molecule has 1 radical (unpaired) electrons. The fraction of sp³-hybridized carbons (Fsp3) is 0.750. The quantitative estimate of drug-likeness (QED) is 0.523. The Labute approximate surface area is 52.6 Å². The summed E-state index contributed by atoms with van der Waals surface area (Å²) < 4.78 is 0.